The molecule has 1 aromatic heterocycles. The van der Waals surface area contributed by atoms with Crippen LogP contribution < -0.4 is 5.32 Å². The van der Waals surface area contributed by atoms with Crippen molar-refractivity contribution < 1.29 is 9.32 Å². The summed E-state index contributed by atoms with van der Waals surface area (Å²) in [6, 6.07) is 17.2. The summed E-state index contributed by atoms with van der Waals surface area (Å²) in [5.74, 6) is 0.957. The second-order valence-electron chi connectivity index (χ2n) is 5.21. The fraction of sp³-hybridized carbons (Fsp3) is 0.167. The molecule has 0 atom stereocenters. The molecule has 0 aliphatic heterocycles. The molecular weight excluding hydrogens is 290 g/mol. The summed E-state index contributed by atoms with van der Waals surface area (Å²) in [5, 5.41) is 6.78. The molecule has 0 unspecified atom stereocenters. The summed E-state index contributed by atoms with van der Waals surface area (Å²) >= 11 is 0. The molecule has 116 valence electrons. The van der Waals surface area contributed by atoms with Gasteiger partial charge in [0.05, 0.1) is 0 Å². The van der Waals surface area contributed by atoms with Crippen molar-refractivity contribution in [3.8, 4) is 11.4 Å². The smallest absolute Gasteiger partial charge is 0.251 e. The molecule has 0 spiro atoms. The van der Waals surface area contributed by atoms with E-state index in [1.807, 2.05) is 42.5 Å². The maximum atomic E-state index is 12.1. The van der Waals surface area contributed by atoms with Crippen LogP contribution in [0.4, 0.5) is 0 Å². The van der Waals surface area contributed by atoms with Crippen molar-refractivity contribution in [2.24, 2.45) is 0 Å². The molecular formula is C18H17N3O2. The lowest BCUT2D eigenvalue weighted by Crippen LogP contribution is -2.25. The Bertz CT molecular complexity index is 780. The summed E-state index contributed by atoms with van der Waals surface area (Å²) < 4.78 is 4.95. The molecule has 0 fully saturated rings. The Morgan fingerprint density at radius 1 is 1.09 bits per heavy atom. The van der Waals surface area contributed by atoms with Gasteiger partial charge in [0.1, 0.15) is 0 Å². The SMILES string of the molecule is Cc1nc(-c2ccc(C(=O)NCCc3ccccc3)cc2)no1. The maximum Gasteiger partial charge on any atom is 0.251 e. The number of aryl methyl sites for hydroxylation is 1. The molecule has 23 heavy (non-hydrogen) atoms. The van der Waals surface area contributed by atoms with Crippen LogP contribution in [0.1, 0.15) is 21.8 Å². The van der Waals surface area contributed by atoms with Gasteiger partial charge in [-0.05, 0) is 24.1 Å². The van der Waals surface area contributed by atoms with Crippen LogP contribution in [0.15, 0.2) is 59.1 Å². The molecule has 2 aromatic carbocycles. The maximum absolute atomic E-state index is 12.1. The fourth-order valence-corrected chi connectivity index (χ4v) is 2.25. The topological polar surface area (TPSA) is 68.0 Å². The van der Waals surface area contributed by atoms with Crippen molar-refractivity contribution in [1.82, 2.24) is 15.5 Å². The average Bonchev–Trinajstić information content (AvgIpc) is 3.02. The Morgan fingerprint density at radius 3 is 2.48 bits per heavy atom. The van der Waals surface area contributed by atoms with E-state index in [4.69, 9.17) is 4.52 Å². The zero-order valence-electron chi connectivity index (χ0n) is 12.8. The number of aromatic nitrogens is 2. The van der Waals surface area contributed by atoms with Crippen LogP contribution in [0.3, 0.4) is 0 Å². The van der Waals surface area contributed by atoms with Crippen LogP contribution in [0.2, 0.25) is 0 Å². The van der Waals surface area contributed by atoms with Gasteiger partial charge in [-0.3, -0.25) is 4.79 Å². The molecule has 0 radical (unpaired) electrons. The summed E-state index contributed by atoms with van der Waals surface area (Å²) in [4.78, 5) is 16.3. The number of benzene rings is 2. The molecule has 3 aromatic rings. The molecule has 0 bridgehead atoms. The summed E-state index contributed by atoms with van der Waals surface area (Å²) in [6.07, 6.45) is 0.812. The molecule has 0 saturated carbocycles. The van der Waals surface area contributed by atoms with Crippen LogP contribution in [0, 0.1) is 6.92 Å². The van der Waals surface area contributed by atoms with E-state index in [2.05, 4.69) is 15.5 Å². The van der Waals surface area contributed by atoms with Crippen molar-refractivity contribution in [1.29, 1.82) is 0 Å². The molecule has 0 aliphatic rings. The highest BCUT2D eigenvalue weighted by Gasteiger charge is 2.08. The van der Waals surface area contributed by atoms with Crippen molar-refractivity contribution in [2.45, 2.75) is 13.3 Å². The lowest BCUT2D eigenvalue weighted by Gasteiger charge is -2.06. The average molecular weight is 307 g/mol. The van der Waals surface area contributed by atoms with Crippen LogP contribution in [-0.4, -0.2) is 22.6 Å². The van der Waals surface area contributed by atoms with E-state index >= 15 is 0 Å². The fourth-order valence-electron chi connectivity index (χ4n) is 2.25. The number of nitrogens with one attached hydrogen (secondary N) is 1. The van der Waals surface area contributed by atoms with Crippen molar-refractivity contribution in [3.63, 3.8) is 0 Å². The molecule has 0 saturated heterocycles. The highest BCUT2D eigenvalue weighted by atomic mass is 16.5. The van der Waals surface area contributed by atoms with Gasteiger partial charge >= 0.3 is 0 Å². The van der Waals surface area contributed by atoms with Crippen LogP contribution in [0.5, 0.6) is 0 Å². The first kappa shape index (κ1) is 15.0. The van der Waals surface area contributed by atoms with E-state index < -0.39 is 0 Å². The van der Waals surface area contributed by atoms with E-state index in [1.165, 1.54) is 5.56 Å². The van der Waals surface area contributed by atoms with Gasteiger partial charge in [0.25, 0.3) is 5.91 Å². The zero-order chi connectivity index (χ0) is 16.1. The van der Waals surface area contributed by atoms with E-state index in [1.54, 1.807) is 19.1 Å². The van der Waals surface area contributed by atoms with Crippen molar-refractivity contribution in [3.05, 3.63) is 71.6 Å². The molecule has 5 heteroatoms. The van der Waals surface area contributed by atoms with Gasteiger partial charge in [-0.1, -0.05) is 47.6 Å². The largest absolute Gasteiger partial charge is 0.352 e. The highest BCUT2D eigenvalue weighted by molar-refractivity contribution is 5.94. The Hall–Kier alpha value is -2.95. The minimum Gasteiger partial charge on any atom is -0.352 e. The predicted molar refractivity (Wildman–Crippen MR) is 87.0 cm³/mol. The highest BCUT2D eigenvalue weighted by Crippen LogP contribution is 2.16. The molecule has 0 aliphatic carbocycles. The van der Waals surface area contributed by atoms with E-state index in [0.29, 0.717) is 23.8 Å². The lowest BCUT2D eigenvalue weighted by atomic mass is 10.1. The summed E-state index contributed by atoms with van der Waals surface area (Å²) in [6.45, 7) is 2.35. The van der Waals surface area contributed by atoms with Crippen molar-refractivity contribution >= 4 is 5.91 Å². The Labute approximate surface area is 134 Å². The predicted octanol–water partition coefficient (Wildman–Crippen LogP) is 3.02. The number of nitrogens with zero attached hydrogens (tertiary/aromatic N) is 2. The molecule has 1 N–H and O–H groups in total. The third kappa shape index (κ3) is 3.83. The first-order valence-electron chi connectivity index (χ1n) is 7.45. The van der Waals surface area contributed by atoms with E-state index in [-0.39, 0.29) is 5.91 Å². The quantitative estimate of drug-likeness (QED) is 0.786. The zero-order valence-corrected chi connectivity index (χ0v) is 12.8. The number of hydrogen-bond donors (Lipinski definition) is 1. The van der Waals surface area contributed by atoms with Crippen LogP contribution >= 0.6 is 0 Å². The molecule has 3 rings (SSSR count). The second-order valence-corrected chi connectivity index (χ2v) is 5.21. The Kier molecular flexibility index (Phi) is 4.47. The van der Waals surface area contributed by atoms with Gasteiger partial charge in [0.2, 0.25) is 11.7 Å². The lowest BCUT2D eigenvalue weighted by molar-refractivity contribution is 0.0954. The van der Waals surface area contributed by atoms with Crippen LogP contribution in [0.25, 0.3) is 11.4 Å². The monoisotopic (exact) mass is 307 g/mol. The second kappa shape index (κ2) is 6.87. The normalized spacial score (nSPS) is 10.5. The number of rotatable bonds is 5. The van der Waals surface area contributed by atoms with Crippen molar-refractivity contribution in [2.75, 3.05) is 6.54 Å². The number of amides is 1. The third-order valence-electron chi connectivity index (χ3n) is 3.47. The first-order chi connectivity index (χ1) is 11.2. The first-order valence-corrected chi connectivity index (χ1v) is 7.45. The van der Waals surface area contributed by atoms with E-state index in [9.17, 15) is 4.79 Å². The van der Waals surface area contributed by atoms with Crippen LogP contribution in [-0.2, 0) is 6.42 Å². The Balaban J connectivity index is 1.57. The van der Waals surface area contributed by atoms with Gasteiger partial charge < -0.3 is 9.84 Å². The minimum atomic E-state index is -0.0863. The standard InChI is InChI=1S/C18H17N3O2/c1-13-20-17(21-23-13)15-7-9-16(10-8-15)18(22)19-12-11-14-5-3-2-4-6-14/h2-10H,11-12H2,1H3,(H,19,22). The molecule has 1 heterocycles. The van der Waals surface area contributed by atoms with Gasteiger partial charge in [-0.15, -0.1) is 0 Å². The Morgan fingerprint density at radius 2 is 1.83 bits per heavy atom. The number of carbonyl (C=O) groups excluding carboxylic acids is 1. The summed E-state index contributed by atoms with van der Waals surface area (Å²) in [5.41, 5.74) is 2.64. The minimum absolute atomic E-state index is 0.0863. The number of carbonyl (C=O) groups is 1. The number of hydrogen-bond acceptors (Lipinski definition) is 4. The van der Waals surface area contributed by atoms with E-state index in [0.717, 1.165) is 12.0 Å². The molecule has 5 nitrogen and oxygen atoms in total. The van der Waals surface area contributed by atoms with Gasteiger partial charge in [-0.2, -0.15) is 4.98 Å². The van der Waals surface area contributed by atoms with Gasteiger partial charge in [-0.25, -0.2) is 0 Å². The summed E-state index contributed by atoms with van der Waals surface area (Å²) in [7, 11) is 0. The molecule has 1 amide bonds. The van der Waals surface area contributed by atoms with Gasteiger partial charge in [0, 0.05) is 24.6 Å². The van der Waals surface area contributed by atoms with Gasteiger partial charge in [0.15, 0.2) is 0 Å². The third-order valence-corrected chi connectivity index (χ3v) is 3.47.